The van der Waals surface area contributed by atoms with Gasteiger partial charge >= 0.3 is 0 Å². The van der Waals surface area contributed by atoms with Gasteiger partial charge in [-0.1, -0.05) is 13.8 Å². The number of piperidine rings is 1. The first-order valence-electron chi connectivity index (χ1n) is 5.96. The summed E-state index contributed by atoms with van der Waals surface area (Å²) in [6.45, 7) is 9.24. The van der Waals surface area contributed by atoms with Gasteiger partial charge in [-0.05, 0) is 26.2 Å². The van der Waals surface area contributed by atoms with E-state index in [9.17, 15) is 10.2 Å². The summed E-state index contributed by atoms with van der Waals surface area (Å²) in [5, 5.41) is 19.2. The maximum atomic E-state index is 9.83. The van der Waals surface area contributed by atoms with Crippen LogP contribution in [0.4, 0.5) is 0 Å². The monoisotopic (exact) mass is 215 g/mol. The first kappa shape index (κ1) is 12.9. The summed E-state index contributed by atoms with van der Waals surface area (Å²) >= 11 is 0. The highest BCUT2D eigenvalue weighted by molar-refractivity contribution is 4.85. The molecule has 1 aliphatic rings. The molecule has 0 spiro atoms. The van der Waals surface area contributed by atoms with Crippen molar-refractivity contribution in [2.24, 2.45) is 5.41 Å². The maximum Gasteiger partial charge on any atom is 0.0644 e. The number of hydrogen-bond acceptors (Lipinski definition) is 3. The lowest BCUT2D eigenvalue weighted by Gasteiger charge is -2.40. The molecular formula is C12H25NO2. The molecule has 0 bridgehead atoms. The predicted octanol–water partition coefficient (Wildman–Crippen LogP) is 1.24. The molecular weight excluding hydrogens is 190 g/mol. The lowest BCUT2D eigenvalue weighted by Crippen LogP contribution is -2.46. The molecule has 0 aromatic rings. The Morgan fingerprint density at radius 1 is 1.33 bits per heavy atom. The van der Waals surface area contributed by atoms with Gasteiger partial charge in [0.2, 0.25) is 0 Å². The van der Waals surface area contributed by atoms with E-state index in [4.69, 9.17) is 0 Å². The lowest BCUT2D eigenvalue weighted by atomic mass is 9.86. The van der Waals surface area contributed by atoms with Gasteiger partial charge in [-0.15, -0.1) is 0 Å². The number of hydrogen-bond donors (Lipinski definition) is 2. The minimum atomic E-state index is -0.474. The van der Waals surface area contributed by atoms with Gasteiger partial charge in [0, 0.05) is 31.7 Å². The van der Waals surface area contributed by atoms with Gasteiger partial charge in [0.05, 0.1) is 5.60 Å². The summed E-state index contributed by atoms with van der Waals surface area (Å²) in [4.78, 5) is 2.36. The zero-order chi connectivity index (χ0) is 11.5. The summed E-state index contributed by atoms with van der Waals surface area (Å²) in [6, 6.07) is 0. The van der Waals surface area contributed by atoms with Crippen LogP contribution in [0.2, 0.25) is 0 Å². The van der Waals surface area contributed by atoms with Crippen LogP contribution in [-0.2, 0) is 0 Å². The van der Waals surface area contributed by atoms with E-state index in [1.54, 1.807) is 0 Å². The molecule has 1 fully saturated rings. The van der Waals surface area contributed by atoms with E-state index in [0.717, 1.165) is 38.9 Å². The van der Waals surface area contributed by atoms with Crippen LogP contribution in [0.25, 0.3) is 0 Å². The second kappa shape index (κ2) is 4.81. The van der Waals surface area contributed by atoms with Crippen molar-refractivity contribution in [3.8, 4) is 0 Å². The quantitative estimate of drug-likeness (QED) is 0.741. The average Bonchev–Trinajstić information content (AvgIpc) is 2.21. The topological polar surface area (TPSA) is 43.7 Å². The molecule has 1 atom stereocenters. The van der Waals surface area contributed by atoms with Crippen LogP contribution in [0.5, 0.6) is 0 Å². The van der Waals surface area contributed by atoms with Crippen molar-refractivity contribution in [2.45, 2.75) is 45.6 Å². The summed E-state index contributed by atoms with van der Waals surface area (Å²) in [5.41, 5.74) is -0.457. The van der Waals surface area contributed by atoms with E-state index in [2.05, 4.69) is 18.7 Å². The summed E-state index contributed by atoms with van der Waals surface area (Å²) in [7, 11) is 0. The highest BCUT2D eigenvalue weighted by Gasteiger charge is 2.31. The Bertz CT molecular complexity index is 190. The third kappa shape index (κ3) is 3.74. The Morgan fingerprint density at radius 2 is 1.87 bits per heavy atom. The Labute approximate surface area is 93.1 Å². The summed E-state index contributed by atoms with van der Waals surface area (Å²) in [6.07, 6.45) is 2.69. The molecule has 3 nitrogen and oxygen atoms in total. The Kier molecular flexibility index (Phi) is 4.15. The Balaban J connectivity index is 2.41. The van der Waals surface area contributed by atoms with Crippen LogP contribution in [-0.4, -0.2) is 47.0 Å². The molecule has 1 rings (SSSR count). The van der Waals surface area contributed by atoms with Crippen LogP contribution < -0.4 is 0 Å². The third-order valence-corrected chi connectivity index (χ3v) is 3.77. The highest BCUT2D eigenvalue weighted by Crippen LogP contribution is 2.26. The largest absolute Gasteiger partial charge is 0.396 e. The van der Waals surface area contributed by atoms with E-state index < -0.39 is 5.60 Å². The van der Waals surface area contributed by atoms with Gasteiger partial charge in [-0.3, -0.25) is 0 Å². The van der Waals surface area contributed by atoms with Crippen LogP contribution in [0, 0.1) is 5.41 Å². The zero-order valence-electron chi connectivity index (χ0n) is 10.3. The van der Waals surface area contributed by atoms with Gasteiger partial charge in [-0.25, -0.2) is 0 Å². The molecule has 0 radical (unpaired) electrons. The van der Waals surface area contributed by atoms with E-state index >= 15 is 0 Å². The van der Waals surface area contributed by atoms with Crippen LogP contribution in [0.3, 0.4) is 0 Å². The zero-order valence-corrected chi connectivity index (χ0v) is 10.3. The molecule has 0 amide bonds. The molecule has 0 aromatic carbocycles. The molecule has 0 aromatic heterocycles. The van der Waals surface area contributed by atoms with Gasteiger partial charge in [0.1, 0.15) is 0 Å². The molecule has 2 N–H and O–H groups in total. The van der Waals surface area contributed by atoms with E-state index in [1.807, 2.05) is 6.92 Å². The number of aliphatic hydroxyl groups is 2. The smallest absolute Gasteiger partial charge is 0.0644 e. The van der Waals surface area contributed by atoms with Crippen molar-refractivity contribution >= 4 is 0 Å². The van der Waals surface area contributed by atoms with Crippen molar-refractivity contribution in [1.82, 2.24) is 4.90 Å². The number of nitrogens with zero attached hydrogens (tertiary/aromatic N) is 1. The maximum absolute atomic E-state index is 9.83. The average molecular weight is 215 g/mol. The number of likely N-dealkylation sites (tertiary alicyclic amines) is 1. The molecule has 1 unspecified atom stereocenters. The fraction of sp³-hybridized carbons (Fsp3) is 1.00. The van der Waals surface area contributed by atoms with Crippen molar-refractivity contribution < 1.29 is 10.2 Å². The normalized spacial score (nSPS) is 26.2. The fourth-order valence-electron chi connectivity index (χ4n) is 2.01. The standard InChI is InChI=1S/C12H25NO2/c1-4-11(2,10-14)9-13-7-5-12(3,15)6-8-13/h14-15H,4-10H2,1-3H3. The number of rotatable bonds is 4. The van der Waals surface area contributed by atoms with Gasteiger partial charge in [0.25, 0.3) is 0 Å². The first-order chi connectivity index (χ1) is 6.91. The predicted molar refractivity (Wildman–Crippen MR) is 61.8 cm³/mol. The SMILES string of the molecule is CCC(C)(CO)CN1CCC(C)(O)CC1. The second-order valence-electron chi connectivity index (χ2n) is 5.60. The minimum absolute atomic E-state index is 0.0171. The van der Waals surface area contributed by atoms with E-state index in [0.29, 0.717) is 0 Å². The molecule has 0 aliphatic carbocycles. The molecule has 15 heavy (non-hydrogen) atoms. The van der Waals surface area contributed by atoms with E-state index in [-0.39, 0.29) is 12.0 Å². The Morgan fingerprint density at radius 3 is 2.27 bits per heavy atom. The van der Waals surface area contributed by atoms with Gasteiger partial charge < -0.3 is 15.1 Å². The van der Waals surface area contributed by atoms with Gasteiger partial charge in [0.15, 0.2) is 0 Å². The van der Waals surface area contributed by atoms with Crippen LogP contribution >= 0.6 is 0 Å². The van der Waals surface area contributed by atoms with Crippen molar-refractivity contribution in [3.63, 3.8) is 0 Å². The van der Waals surface area contributed by atoms with Crippen LogP contribution in [0.15, 0.2) is 0 Å². The molecule has 1 aliphatic heterocycles. The van der Waals surface area contributed by atoms with Crippen molar-refractivity contribution in [1.29, 1.82) is 0 Å². The van der Waals surface area contributed by atoms with E-state index in [1.165, 1.54) is 0 Å². The molecule has 3 heteroatoms. The molecule has 1 heterocycles. The minimum Gasteiger partial charge on any atom is -0.396 e. The van der Waals surface area contributed by atoms with Crippen molar-refractivity contribution in [3.05, 3.63) is 0 Å². The second-order valence-corrected chi connectivity index (χ2v) is 5.60. The summed E-state index contributed by atoms with van der Waals surface area (Å²) in [5.74, 6) is 0. The van der Waals surface area contributed by atoms with Crippen LogP contribution in [0.1, 0.15) is 40.0 Å². The Hall–Kier alpha value is -0.120. The highest BCUT2D eigenvalue weighted by atomic mass is 16.3. The molecule has 1 saturated heterocycles. The summed E-state index contributed by atoms with van der Waals surface area (Å²) < 4.78 is 0. The molecule has 0 saturated carbocycles. The van der Waals surface area contributed by atoms with Gasteiger partial charge in [-0.2, -0.15) is 0 Å². The van der Waals surface area contributed by atoms with Crippen molar-refractivity contribution in [2.75, 3.05) is 26.2 Å². The first-order valence-corrected chi connectivity index (χ1v) is 5.96. The lowest BCUT2D eigenvalue weighted by molar-refractivity contribution is -0.0204. The number of aliphatic hydroxyl groups excluding tert-OH is 1. The fourth-order valence-corrected chi connectivity index (χ4v) is 2.01. The third-order valence-electron chi connectivity index (χ3n) is 3.77. The molecule has 90 valence electrons.